The van der Waals surface area contributed by atoms with E-state index in [1.807, 2.05) is 0 Å². The normalized spacial score (nSPS) is 22.1. The summed E-state index contributed by atoms with van der Waals surface area (Å²) in [5.41, 5.74) is 29.0. The number of anilines is 4. The fraction of sp³-hybridized carbons (Fsp3) is 0.255. The maximum atomic E-state index is 3.05. The van der Waals surface area contributed by atoms with Crippen molar-refractivity contribution in [3.05, 3.63) is 283 Å². The minimum absolute atomic E-state index is 0.0572. The maximum absolute atomic E-state index is 3.05. The van der Waals surface area contributed by atoms with Gasteiger partial charge >= 0.3 is 0 Å². The van der Waals surface area contributed by atoms with E-state index in [9.17, 15) is 0 Å². The molecule has 99 heavy (non-hydrogen) atoms. The van der Waals surface area contributed by atoms with Gasteiger partial charge in [0.1, 0.15) is 0 Å². The molecule has 8 aliphatic rings. The van der Waals surface area contributed by atoms with Crippen LogP contribution in [0.3, 0.4) is 0 Å². The molecule has 6 unspecified atom stereocenters. The standard InChI is InChI=1S/C94H85BN4/c1-5-26-65(27-6-1)74-39-23-40-75(66-28-7-2-8-29-66)93(74)98-88-60-72(96-84-43-19-15-35-78(84)79-36-16-20-44-85(79)96)53-55-82(88)95-83-56-54-73(97-86-45-21-17-37-80(86)81-38-18-22-46-87(81)97)61-89(83)99(94-76(67-30-9-3-10-31-67)41-24-42-77(94)68-32-11-4-12-33-68)91-59-71(58-90(98)92(91)95)64-49-47-63(48-50-64)70-52-51-62-25-13-14-34-69(62)57-70/h1,3,5,9,13-22,25,28,32,34-39,41,43-61,65,67,75,77,93-94H,2,4,6-8,10-12,23-24,26-27,29-31,33,40,42H2. The number of hydrogen-bond donors (Lipinski definition) is 0. The summed E-state index contributed by atoms with van der Waals surface area (Å²) >= 11 is 0. The van der Waals surface area contributed by atoms with Crippen LogP contribution in [0, 0.1) is 23.7 Å². The number of benzene rings is 10. The number of rotatable bonds is 10. The van der Waals surface area contributed by atoms with Gasteiger partial charge in [-0.3, -0.25) is 0 Å². The van der Waals surface area contributed by atoms with Gasteiger partial charge in [-0.05, 0) is 255 Å². The van der Waals surface area contributed by atoms with Crippen molar-refractivity contribution in [2.45, 2.75) is 128 Å². The third-order valence-electron chi connectivity index (χ3n) is 24.9. The van der Waals surface area contributed by atoms with Gasteiger partial charge in [0.15, 0.2) is 0 Å². The van der Waals surface area contributed by atoms with Crippen LogP contribution < -0.4 is 26.2 Å². The summed E-state index contributed by atoms with van der Waals surface area (Å²) in [6.45, 7) is -0.0572. The van der Waals surface area contributed by atoms with Gasteiger partial charge in [-0.1, -0.05) is 205 Å². The second kappa shape index (κ2) is 24.6. The van der Waals surface area contributed by atoms with Gasteiger partial charge in [-0.25, -0.2) is 0 Å². The summed E-state index contributed by atoms with van der Waals surface area (Å²) in [6.07, 6.45) is 42.2. The zero-order valence-electron chi connectivity index (χ0n) is 56.9. The zero-order chi connectivity index (χ0) is 65.1. The van der Waals surface area contributed by atoms with Crippen molar-refractivity contribution in [1.82, 2.24) is 9.13 Å². The zero-order valence-corrected chi connectivity index (χ0v) is 56.9. The summed E-state index contributed by atoms with van der Waals surface area (Å²) in [5.74, 6) is 1.67. The summed E-state index contributed by atoms with van der Waals surface area (Å²) in [7, 11) is 0. The maximum Gasteiger partial charge on any atom is 0.252 e. The Morgan fingerprint density at radius 2 is 0.768 bits per heavy atom. The van der Waals surface area contributed by atoms with Gasteiger partial charge in [0.25, 0.3) is 6.71 Å². The average Bonchev–Trinajstić information content (AvgIpc) is 1.27. The van der Waals surface area contributed by atoms with E-state index in [0.29, 0.717) is 23.7 Å². The van der Waals surface area contributed by atoms with Gasteiger partial charge in [0, 0.05) is 67.5 Å². The van der Waals surface area contributed by atoms with Gasteiger partial charge in [-0.15, -0.1) is 0 Å². The fourth-order valence-corrected chi connectivity index (χ4v) is 20.4. The van der Waals surface area contributed by atoms with Crippen molar-refractivity contribution < 1.29 is 0 Å². The molecule has 10 aromatic carbocycles. The third-order valence-corrected chi connectivity index (χ3v) is 24.9. The first-order valence-corrected chi connectivity index (χ1v) is 37.8. The second-order valence-corrected chi connectivity index (χ2v) is 30.1. The summed E-state index contributed by atoms with van der Waals surface area (Å²) in [6, 6.07) is 83.5. The van der Waals surface area contributed by atoms with E-state index in [4.69, 9.17) is 0 Å². The lowest BCUT2D eigenvalue weighted by molar-refractivity contribution is 0.391. The molecule has 0 amide bonds. The molecule has 4 nitrogen and oxygen atoms in total. The minimum atomic E-state index is -0.0572. The highest BCUT2D eigenvalue weighted by atomic mass is 15.2. The number of hydrogen-bond acceptors (Lipinski definition) is 2. The summed E-state index contributed by atoms with van der Waals surface area (Å²) in [5, 5.41) is 7.73. The molecule has 12 aromatic rings. The van der Waals surface area contributed by atoms with Crippen LogP contribution in [0.4, 0.5) is 22.7 Å². The van der Waals surface area contributed by atoms with E-state index in [1.54, 1.807) is 22.3 Å². The molecule has 6 atom stereocenters. The first-order chi connectivity index (χ1) is 49.1. The number of allylic oxidation sites excluding steroid dienone is 8. The molecule has 5 heteroatoms. The van der Waals surface area contributed by atoms with E-state index in [1.165, 1.54) is 191 Å². The molecule has 0 fully saturated rings. The van der Waals surface area contributed by atoms with Gasteiger partial charge < -0.3 is 18.9 Å². The fourth-order valence-electron chi connectivity index (χ4n) is 20.4. The van der Waals surface area contributed by atoms with Crippen LogP contribution in [0.5, 0.6) is 0 Å². The molecule has 0 radical (unpaired) electrons. The molecule has 0 bridgehead atoms. The van der Waals surface area contributed by atoms with E-state index in [-0.39, 0.29) is 18.8 Å². The largest absolute Gasteiger partial charge is 0.334 e. The van der Waals surface area contributed by atoms with Crippen molar-refractivity contribution in [1.29, 1.82) is 0 Å². The Morgan fingerprint density at radius 3 is 1.22 bits per heavy atom. The highest BCUT2D eigenvalue weighted by Gasteiger charge is 2.51. The van der Waals surface area contributed by atoms with Crippen LogP contribution in [-0.4, -0.2) is 27.9 Å². The van der Waals surface area contributed by atoms with Crippen LogP contribution in [0.15, 0.2) is 283 Å². The van der Waals surface area contributed by atoms with E-state index in [2.05, 4.69) is 280 Å². The minimum Gasteiger partial charge on any atom is -0.334 e. The number of nitrogens with zero attached hydrogens (tertiary/aromatic N) is 4. The van der Waals surface area contributed by atoms with Crippen molar-refractivity contribution in [3.63, 3.8) is 0 Å². The smallest absolute Gasteiger partial charge is 0.252 e. The van der Waals surface area contributed by atoms with Gasteiger partial charge in [0.05, 0.1) is 34.2 Å². The third kappa shape index (κ3) is 9.82. The molecule has 2 aromatic heterocycles. The molecule has 0 spiro atoms. The number of aromatic nitrogens is 2. The number of para-hydroxylation sites is 4. The molecule has 0 saturated carbocycles. The summed E-state index contributed by atoms with van der Waals surface area (Å²) < 4.78 is 5.18. The Morgan fingerprint density at radius 1 is 0.323 bits per heavy atom. The van der Waals surface area contributed by atoms with Crippen molar-refractivity contribution in [3.8, 4) is 33.6 Å². The topological polar surface area (TPSA) is 16.3 Å². The van der Waals surface area contributed by atoms with Gasteiger partial charge in [-0.2, -0.15) is 0 Å². The van der Waals surface area contributed by atoms with Crippen LogP contribution >= 0.6 is 0 Å². The first-order valence-electron chi connectivity index (χ1n) is 37.8. The quantitative estimate of drug-likeness (QED) is 0.100. The molecule has 2 aliphatic heterocycles. The first kappa shape index (κ1) is 59.2. The van der Waals surface area contributed by atoms with E-state index >= 15 is 0 Å². The highest BCUT2D eigenvalue weighted by molar-refractivity contribution is 7.00. The molecule has 0 saturated heterocycles. The molecule has 20 rings (SSSR count). The molecule has 6 aliphatic carbocycles. The molecular formula is C94H85BN4. The lowest BCUT2D eigenvalue weighted by Crippen LogP contribution is -2.65. The Bertz CT molecular complexity index is 5050. The predicted molar refractivity (Wildman–Crippen MR) is 421 cm³/mol. The lowest BCUT2D eigenvalue weighted by atomic mass is 9.33. The van der Waals surface area contributed by atoms with Crippen LogP contribution in [0.2, 0.25) is 0 Å². The molecule has 484 valence electrons. The highest BCUT2D eigenvalue weighted by Crippen LogP contribution is 2.54. The molecular weight excluding hydrogens is 1200 g/mol. The number of fused-ring (bicyclic) bond motifs is 11. The summed E-state index contributed by atoms with van der Waals surface area (Å²) in [4.78, 5) is 6.11. The molecule has 4 heterocycles. The van der Waals surface area contributed by atoms with Crippen molar-refractivity contribution >= 4 is 100 Å². The van der Waals surface area contributed by atoms with E-state index in [0.717, 1.165) is 51.4 Å². The average molecular weight is 1280 g/mol. The Hall–Kier alpha value is -9.84. The predicted octanol–water partition coefficient (Wildman–Crippen LogP) is 22.9. The van der Waals surface area contributed by atoms with Crippen LogP contribution in [-0.2, 0) is 0 Å². The lowest BCUT2D eigenvalue weighted by Gasteiger charge is -2.53. The van der Waals surface area contributed by atoms with E-state index < -0.39 is 0 Å². The Labute approximate surface area is 583 Å². The van der Waals surface area contributed by atoms with Crippen LogP contribution in [0.1, 0.15) is 116 Å². The van der Waals surface area contributed by atoms with Gasteiger partial charge in [0.2, 0.25) is 0 Å². The monoisotopic (exact) mass is 1280 g/mol. The molecule has 0 N–H and O–H groups in total. The second-order valence-electron chi connectivity index (χ2n) is 30.1. The Balaban J connectivity index is 0.906. The van der Waals surface area contributed by atoms with Crippen molar-refractivity contribution in [2.24, 2.45) is 23.7 Å². The SMILES string of the molecule is C1=CCC(C2=CCCC(C3=CCCCC3)C2N2c3cc(-n4c5ccccc5c5ccccc54)ccc3B3c4ccc(-n5c6ccccc6c6ccccc65)cc4N(C4C(C5CC=CCC5)=CCCC4C4=CCCCC4)c4cc(-c5ccc(-c6ccc7ccccc7c6)cc5)cc2c43)CC1. The Kier molecular flexibility index (Phi) is 14.7. The van der Waals surface area contributed by atoms with Crippen molar-refractivity contribution in [2.75, 3.05) is 9.80 Å². The van der Waals surface area contributed by atoms with Crippen LogP contribution in [0.25, 0.3) is 88.0 Å².